The molecule has 2 rings (SSSR count). The van der Waals surface area contributed by atoms with E-state index in [0.717, 1.165) is 11.6 Å². The van der Waals surface area contributed by atoms with Gasteiger partial charge < -0.3 is 0 Å². The van der Waals surface area contributed by atoms with Gasteiger partial charge in [-0.25, -0.2) is 13.9 Å². The van der Waals surface area contributed by atoms with Crippen LogP contribution >= 0.6 is 0 Å². The Morgan fingerprint density at radius 3 is 2.31 bits per heavy atom. The lowest BCUT2D eigenvalue weighted by atomic mass is 9.87. The number of hydrogen-bond acceptors (Lipinski definition) is 4. The summed E-state index contributed by atoms with van der Waals surface area (Å²) in [5.74, 6) is -0.699. The van der Waals surface area contributed by atoms with Gasteiger partial charge >= 0.3 is 0 Å². The topological polar surface area (TPSA) is 95.5 Å². The Kier molecular flexibility index (Phi) is 5.84. The van der Waals surface area contributed by atoms with E-state index in [2.05, 4.69) is 25.5 Å². The summed E-state index contributed by atoms with van der Waals surface area (Å²) >= 11 is 0. The van der Waals surface area contributed by atoms with Crippen LogP contribution in [0.25, 0.3) is 6.08 Å². The second kappa shape index (κ2) is 7.72. The van der Waals surface area contributed by atoms with E-state index in [0.29, 0.717) is 11.3 Å². The van der Waals surface area contributed by atoms with Crippen LogP contribution in [-0.4, -0.2) is 19.5 Å². The number of carbonyl (C=O) groups excluding carboxylic acids is 1. The minimum Gasteiger partial charge on any atom is -0.288 e. The number of amides is 1. The second-order valence-electron chi connectivity index (χ2n) is 6.81. The van der Waals surface area contributed by atoms with Crippen molar-refractivity contribution in [1.29, 1.82) is 0 Å². The Morgan fingerprint density at radius 1 is 1.08 bits per heavy atom. The van der Waals surface area contributed by atoms with Gasteiger partial charge in [-0.15, -0.1) is 0 Å². The first-order valence-corrected chi connectivity index (χ1v) is 9.46. The third-order valence-electron chi connectivity index (χ3n) is 3.71. The van der Waals surface area contributed by atoms with Crippen molar-refractivity contribution in [2.45, 2.75) is 31.1 Å². The Hall–Kier alpha value is -2.64. The molecular weight excluding hydrogens is 352 g/mol. The fourth-order valence-corrected chi connectivity index (χ4v) is 3.36. The van der Waals surface area contributed by atoms with Gasteiger partial charge in [0.2, 0.25) is 0 Å². The molecule has 0 aliphatic rings. The number of benzene rings is 2. The summed E-state index contributed by atoms with van der Waals surface area (Å²) in [6.07, 6.45) is 2.51. The number of carbonyl (C=O) groups is 1. The van der Waals surface area contributed by atoms with Crippen molar-refractivity contribution in [3.05, 3.63) is 65.7 Å². The van der Waals surface area contributed by atoms with Crippen LogP contribution in [0.4, 0.5) is 5.69 Å². The molecule has 0 aromatic heterocycles. The fourth-order valence-electron chi connectivity index (χ4n) is 2.25. The van der Waals surface area contributed by atoms with E-state index in [-0.39, 0.29) is 10.3 Å². The zero-order valence-electron chi connectivity index (χ0n) is 14.9. The van der Waals surface area contributed by atoms with Crippen LogP contribution in [0.2, 0.25) is 0 Å². The number of hydroxylamine groups is 1. The van der Waals surface area contributed by atoms with E-state index in [1.165, 1.54) is 23.7 Å². The molecule has 6 nitrogen and oxygen atoms in total. The zero-order chi connectivity index (χ0) is 19.4. The monoisotopic (exact) mass is 374 g/mol. The summed E-state index contributed by atoms with van der Waals surface area (Å²) in [4.78, 5) is 11.1. The molecule has 0 unspecified atom stereocenters. The molecule has 1 amide bonds. The van der Waals surface area contributed by atoms with E-state index in [1.54, 1.807) is 24.3 Å². The highest BCUT2D eigenvalue weighted by molar-refractivity contribution is 7.92. The Bertz CT molecular complexity index is 911. The predicted molar refractivity (Wildman–Crippen MR) is 101 cm³/mol. The molecule has 7 heteroatoms. The van der Waals surface area contributed by atoms with Crippen molar-refractivity contribution in [1.82, 2.24) is 5.48 Å². The van der Waals surface area contributed by atoms with Crippen molar-refractivity contribution in [2.24, 2.45) is 0 Å². The molecule has 0 saturated carbocycles. The minimum absolute atomic E-state index is 0.0149. The quantitative estimate of drug-likeness (QED) is 0.425. The molecule has 0 aliphatic carbocycles. The molecule has 0 atom stereocenters. The smallest absolute Gasteiger partial charge is 0.267 e. The van der Waals surface area contributed by atoms with E-state index >= 15 is 0 Å². The molecule has 26 heavy (non-hydrogen) atoms. The van der Waals surface area contributed by atoms with Crippen LogP contribution in [0.15, 0.2) is 59.5 Å². The first-order chi connectivity index (χ1) is 12.1. The average Bonchev–Trinajstić information content (AvgIpc) is 2.59. The number of rotatable bonds is 5. The van der Waals surface area contributed by atoms with Crippen LogP contribution in [0.5, 0.6) is 0 Å². The summed E-state index contributed by atoms with van der Waals surface area (Å²) < 4.78 is 27.7. The molecule has 0 fully saturated rings. The Morgan fingerprint density at radius 2 is 1.73 bits per heavy atom. The van der Waals surface area contributed by atoms with Gasteiger partial charge in [0, 0.05) is 11.8 Å². The third-order valence-corrected chi connectivity index (χ3v) is 5.09. The van der Waals surface area contributed by atoms with Gasteiger partial charge in [0.05, 0.1) is 4.90 Å². The molecule has 0 heterocycles. The van der Waals surface area contributed by atoms with Gasteiger partial charge in [-0.05, 0) is 46.9 Å². The van der Waals surface area contributed by atoms with Gasteiger partial charge in [0.1, 0.15) is 0 Å². The highest BCUT2D eigenvalue weighted by atomic mass is 32.2. The SMILES string of the molecule is CC(C)(C)c1ccc(NS(=O)(=O)c2cccc(C=CC(=O)NO)c2)cc1. The van der Waals surface area contributed by atoms with E-state index in [9.17, 15) is 13.2 Å². The van der Waals surface area contributed by atoms with Crippen molar-refractivity contribution in [3.8, 4) is 0 Å². The predicted octanol–water partition coefficient (Wildman–Crippen LogP) is 3.30. The van der Waals surface area contributed by atoms with Gasteiger partial charge in [0.15, 0.2) is 0 Å². The lowest BCUT2D eigenvalue weighted by Crippen LogP contribution is -2.15. The number of anilines is 1. The maximum Gasteiger partial charge on any atom is 0.267 e. The minimum atomic E-state index is -3.76. The van der Waals surface area contributed by atoms with Crippen LogP contribution < -0.4 is 10.2 Å². The molecule has 0 aliphatic heterocycles. The lowest BCUT2D eigenvalue weighted by Gasteiger charge is -2.19. The second-order valence-corrected chi connectivity index (χ2v) is 8.50. The molecule has 3 N–H and O–H groups in total. The number of hydrogen-bond donors (Lipinski definition) is 3. The molecule has 0 spiro atoms. The van der Waals surface area contributed by atoms with Gasteiger partial charge in [0.25, 0.3) is 15.9 Å². The first-order valence-electron chi connectivity index (χ1n) is 7.97. The maximum absolute atomic E-state index is 12.6. The van der Waals surface area contributed by atoms with E-state index in [4.69, 9.17) is 5.21 Å². The number of nitrogens with one attached hydrogen (secondary N) is 2. The van der Waals surface area contributed by atoms with E-state index < -0.39 is 15.9 Å². The van der Waals surface area contributed by atoms with E-state index in [1.807, 2.05) is 12.1 Å². The summed E-state index contributed by atoms with van der Waals surface area (Å²) in [5, 5.41) is 8.47. The fraction of sp³-hybridized carbons (Fsp3) is 0.211. The molecule has 2 aromatic carbocycles. The van der Waals surface area contributed by atoms with Crippen LogP contribution in [0.1, 0.15) is 31.9 Å². The normalized spacial score (nSPS) is 12.2. The number of sulfonamides is 1. The molecule has 138 valence electrons. The average molecular weight is 374 g/mol. The third kappa shape index (κ3) is 5.18. The van der Waals surface area contributed by atoms with Gasteiger partial charge in [-0.1, -0.05) is 45.0 Å². The molecule has 0 radical (unpaired) electrons. The van der Waals surface area contributed by atoms with Crippen molar-refractivity contribution in [2.75, 3.05) is 4.72 Å². The molecule has 0 bridgehead atoms. The van der Waals surface area contributed by atoms with Crippen LogP contribution in [0, 0.1) is 0 Å². The first kappa shape index (κ1) is 19.7. The Labute approximate surface area is 153 Å². The Balaban J connectivity index is 2.22. The highest BCUT2D eigenvalue weighted by Gasteiger charge is 2.16. The highest BCUT2D eigenvalue weighted by Crippen LogP contribution is 2.24. The largest absolute Gasteiger partial charge is 0.288 e. The molecule has 0 saturated heterocycles. The van der Waals surface area contributed by atoms with Crippen molar-refractivity contribution in [3.63, 3.8) is 0 Å². The summed E-state index contributed by atoms with van der Waals surface area (Å²) in [6.45, 7) is 6.26. The summed E-state index contributed by atoms with van der Waals surface area (Å²) in [7, 11) is -3.76. The zero-order valence-corrected chi connectivity index (χ0v) is 15.7. The van der Waals surface area contributed by atoms with Gasteiger partial charge in [-0.3, -0.25) is 14.7 Å². The van der Waals surface area contributed by atoms with Crippen LogP contribution in [-0.2, 0) is 20.2 Å². The van der Waals surface area contributed by atoms with Crippen LogP contribution in [0.3, 0.4) is 0 Å². The molecular formula is C19H22N2O4S. The summed E-state index contributed by atoms with van der Waals surface area (Å²) in [6, 6.07) is 13.4. The summed E-state index contributed by atoms with van der Waals surface area (Å²) in [5.41, 5.74) is 3.55. The van der Waals surface area contributed by atoms with Crippen molar-refractivity contribution >= 4 is 27.7 Å². The lowest BCUT2D eigenvalue weighted by molar-refractivity contribution is -0.124. The maximum atomic E-state index is 12.6. The van der Waals surface area contributed by atoms with Gasteiger partial charge in [-0.2, -0.15) is 0 Å². The van der Waals surface area contributed by atoms with Crippen molar-refractivity contribution < 1.29 is 18.4 Å². The molecule has 2 aromatic rings. The standard InChI is InChI=1S/C19H22N2O4S/c1-19(2,3)15-8-10-16(11-9-15)21-26(24,25)17-6-4-5-14(13-17)7-12-18(22)20-23/h4-13,21,23H,1-3H3,(H,20,22).